The van der Waals surface area contributed by atoms with Crippen LogP contribution in [0.5, 0.6) is 5.75 Å². The van der Waals surface area contributed by atoms with E-state index in [1.165, 1.54) is 0 Å². The predicted octanol–water partition coefficient (Wildman–Crippen LogP) is 1.95. The molecule has 0 spiro atoms. The second-order valence-corrected chi connectivity index (χ2v) is 7.22. The summed E-state index contributed by atoms with van der Waals surface area (Å²) in [5.74, 6) is 0.612. The first-order chi connectivity index (χ1) is 14.6. The van der Waals surface area contributed by atoms with Crippen LogP contribution in [0.3, 0.4) is 0 Å². The summed E-state index contributed by atoms with van der Waals surface area (Å²) in [7, 11) is 3.38. The van der Waals surface area contributed by atoms with Crippen LogP contribution in [-0.2, 0) is 16.1 Å². The van der Waals surface area contributed by atoms with E-state index in [4.69, 9.17) is 4.74 Å². The lowest BCUT2D eigenvalue weighted by Gasteiger charge is -2.34. The molecule has 0 bridgehead atoms. The van der Waals surface area contributed by atoms with E-state index in [1.807, 2.05) is 59.5 Å². The van der Waals surface area contributed by atoms with Crippen LogP contribution in [0.15, 0.2) is 54.7 Å². The van der Waals surface area contributed by atoms with Gasteiger partial charge in [0.1, 0.15) is 5.75 Å². The summed E-state index contributed by atoms with van der Waals surface area (Å²) >= 11 is 0. The van der Waals surface area contributed by atoms with Crippen LogP contribution in [0.1, 0.15) is 17.7 Å². The molecule has 1 fully saturated rings. The molecular weight excluding hydrogens is 380 g/mol. The van der Waals surface area contributed by atoms with E-state index in [1.54, 1.807) is 25.3 Å². The van der Waals surface area contributed by atoms with Gasteiger partial charge >= 0.3 is 0 Å². The number of aromatic nitrogens is 1. The maximum Gasteiger partial charge on any atom is 0.237 e. The topological polar surface area (TPSA) is 74.8 Å². The smallest absolute Gasteiger partial charge is 0.237 e. The van der Waals surface area contributed by atoms with E-state index in [0.29, 0.717) is 26.2 Å². The average Bonchev–Trinajstić information content (AvgIpc) is 2.76. The summed E-state index contributed by atoms with van der Waals surface area (Å²) in [6.45, 7) is 2.27. The molecule has 2 heterocycles. The number of carbonyl (C=O) groups is 2. The zero-order valence-electron chi connectivity index (χ0n) is 17.5. The van der Waals surface area contributed by atoms with Crippen molar-refractivity contribution in [1.82, 2.24) is 20.1 Å². The van der Waals surface area contributed by atoms with Gasteiger partial charge in [0.05, 0.1) is 31.8 Å². The number of piperazine rings is 1. The van der Waals surface area contributed by atoms with Crippen molar-refractivity contribution in [1.29, 1.82) is 0 Å². The minimum Gasteiger partial charge on any atom is -0.496 e. The summed E-state index contributed by atoms with van der Waals surface area (Å²) in [5.41, 5.74) is 1.79. The second kappa shape index (κ2) is 10.5. The lowest BCUT2D eigenvalue weighted by atomic mass is 10.1. The normalized spacial score (nSPS) is 17.0. The maximum atomic E-state index is 12.7. The average molecular weight is 409 g/mol. The summed E-state index contributed by atoms with van der Waals surface area (Å²) in [5, 5.41) is 2.87. The van der Waals surface area contributed by atoms with Crippen molar-refractivity contribution in [3.05, 3.63) is 66.0 Å². The first kappa shape index (κ1) is 21.5. The Bertz CT molecular complexity index is 885. The number of nitrogens with zero attached hydrogens (tertiary/aromatic N) is 3. The van der Waals surface area contributed by atoms with Crippen molar-refractivity contribution < 1.29 is 14.3 Å². The largest absolute Gasteiger partial charge is 0.496 e. The van der Waals surface area contributed by atoms with Crippen LogP contribution in [0.25, 0.3) is 6.08 Å². The highest BCUT2D eigenvalue weighted by Crippen LogP contribution is 2.19. The van der Waals surface area contributed by atoms with Gasteiger partial charge in [0, 0.05) is 38.4 Å². The molecule has 158 valence electrons. The van der Waals surface area contributed by atoms with Gasteiger partial charge in [-0.3, -0.25) is 19.5 Å². The molecular formula is C23H28N4O3. The van der Waals surface area contributed by atoms with Gasteiger partial charge in [-0.2, -0.15) is 0 Å². The number of para-hydroxylation sites is 1. The molecule has 1 aliphatic rings. The first-order valence-corrected chi connectivity index (χ1v) is 10.0. The third-order valence-electron chi connectivity index (χ3n) is 5.14. The molecule has 30 heavy (non-hydrogen) atoms. The minimum absolute atomic E-state index is 0.0820. The molecule has 1 aromatic carbocycles. The van der Waals surface area contributed by atoms with E-state index in [-0.39, 0.29) is 18.2 Å². The Hall–Kier alpha value is -3.19. The Morgan fingerprint density at radius 3 is 2.87 bits per heavy atom. The van der Waals surface area contributed by atoms with Crippen LogP contribution >= 0.6 is 0 Å². The number of nitrogens with one attached hydrogen (secondary N) is 1. The zero-order valence-corrected chi connectivity index (χ0v) is 17.5. The van der Waals surface area contributed by atoms with Gasteiger partial charge < -0.3 is 15.0 Å². The summed E-state index contributed by atoms with van der Waals surface area (Å²) in [4.78, 5) is 33.1. The molecule has 0 radical (unpaired) electrons. The van der Waals surface area contributed by atoms with Crippen molar-refractivity contribution in [2.75, 3.05) is 33.8 Å². The number of pyridine rings is 1. The molecule has 0 saturated carbocycles. The molecule has 3 rings (SSSR count). The van der Waals surface area contributed by atoms with E-state index >= 15 is 0 Å². The number of rotatable bonds is 8. The van der Waals surface area contributed by atoms with Crippen molar-refractivity contribution in [2.45, 2.75) is 19.0 Å². The Morgan fingerprint density at radius 1 is 1.30 bits per heavy atom. The Kier molecular flexibility index (Phi) is 7.57. The monoisotopic (exact) mass is 408 g/mol. The maximum absolute atomic E-state index is 12.7. The fourth-order valence-corrected chi connectivity index (χ4v) is 3.47. The third kappa shape index (κ3) is 5.67. The number of benzene rings is 1. The van der Waals surface area contributed by atoms with Crippen LogP contribution in [0.4, 0.5) is 0 Å². The standard InChI is InChI=1S/C23H28N4O3/c1-26(17-19-10-5-6-12-24-19)22(28)16-20-23(29)25-13-15-27(20)14-7-9-18-8-3-4-11-21(18)30-2/h3-12,20H,13-17H2,1-2H3,(H,25,29)/b9-7+. The number of carbonyl (C=O) groups excluding carboxylic acids is 2. The van der Waals surface area contributed by atoms with Gasteiger partial charge in [0.15, 0.2) is 0 Å². The number of amides is 2. The number of hydrogen-bond acceptors (Lipinski definition) is 5. The molecule has 7 nitrogen and oxygen atoms in total. The van der Waals surface area contributed by atoms with E-state index in [9.17, 15) is 9.59 Å². The van der Waals surface area contributed by atoms with Gasteiger partial charge in [-0.25, -0.2) is 0 Å². The number of methoxy groups -OCH3 is 1. The molecule has 7 heteroatoms. The molecule has 2 amide bonds. The molecule has 1 N–H and O–H groups in total. The van der Waals surface area contributed by atoms with E-state index in [0.717, 1.165) is 17.0 Å². The predicted molar refractivity (Wildman–Crippen MR) is 116 cm³/mol. The van der Waals surface area contributed by atoms with Crippen LogP contribution in [0.2, 0.25) is 0 Å². The summed E-state index contributed by atoms with van der Waals surface area (Å²) in [6, 6.07) is 12.9. The highest BCUT2D eigenvalue weighted by Gasteiger charge is 2.31. The Morgan fingerprint density at radius 2 is 2.10 bits per heavy atom. The van der Waals surface area contributed by atoms with Gasteiger partial charge in [0.25, 0.3) is 0 Å². The first-order valence-electron chi connectivity index (χ1n) is 10.0. The van der Waals surface area contributed by atoms with Crippen molar-refractivity contribution in [3.63, 3.8) is 0 Å². The quantitative estimate of drug-likeness (QED) is 0.723. The fraction of sp³-hybridized carbons (Fsp3) is 0.348. The van der Waals surface area contributed by atoms with Gasteiger partial charge in [0.2, 0.25) is 11.8 Å². The fourth-order valence-electron chi connectivity index (χ4n) is 3.47. The minimum atomic E-state index is -0.486. The van der Waals surface area contributed by atoms with E-state index in [2.05, 4.69) is 10.3 Å². The molecule has 2 aromatic rings. The van der Waals surface area contributed by atoms with Crippen LogP contribution in [0, 0.1) is 0 Å². The Balaban J connectivity index is 1.62. The Labute approximate surface area is 177 Å². The molecule has 1 aromatic heterocycles. The zero-order chi connectivity index (χ0) is 21.3. The number of ether oxygens (including phenoxy) is 1. The third-order valence-corrected chi connectivity index (χ3v) is 5.14. The SMILES string of the molecule is COc1ccccc1/C=C/CN1CCNC(=O)C1CC(=O)N(C)Cc1ccccn1. The lowest BCUT2D eigenvalue weighted by molar-refractivity contribution is -0.138. The van der Waals surface area contributed by atoms with Crippen molar-refractivity contribution in [3.8, 4) is 5.75 Å². The molecule has 1 saturated heterocycles. The highest BCUT2D eigenvalue weighted by atomic mass is 16.5. The van der Waals surface area contributed by atoms with Crippen LogP contribution in [-0.4, -0.2) is 66.4 Å². The highest BCUT2D eigenvalue weighted by molar-refractivity contribution is 5.88. The number of hydrogen-bond donors (Lipinski definition) is 1. The van der Waals surface area contributed by atoms with Gasteiger partial charge in [-0.05, 0) is 18.2 Å². The second-order valence-electron chi connectivity index (χ2n) is 7.22. The molecule has 1 atom stereocenters. The molecule has 0 aliphatic carbocycles. The van der Waals surface area contributed by atoms with Gasteiger partial charge in [-0.15, -0.1) is 0 Å². The molecule has 1 aliphatic heterocycles. The lowest BCUT2D eigenvalue weighted by Crippen LogP contribution is -2.56. The molecule has 1 unspecified atom stereocenters. The van der Waals surface area contributed by atoms with Gasteiger partial charge in [-0.1, -0.05) is 36.4 Å². The van der Waals surface area contributed by atoms with E-state index < -0.39 is 6.04 Å². The van der Waals surface area contributed by atoms with Crippen LogP contribution < -0.4 is 10.1 Å². The van der Waals surface area contributed by atoms with Crippen molar-refractivity contribution in [2.24, 2.45) is 0 Å². The van der Waals surface area contributed by atoms with Crippen molar-refractivity contribution >= 4 is 17.9 Å². The summed E-state index contributed by atoms with van der Waals surface area (Å²) < 4.78 is 5.37. The summed E-state index contributed by atoms with van der Waals surface area (Å²) in [6.07, 6.45) is 5.83.